The van der Waals surface area contributed by atoms with Gasteiger partial charge in [-0.15, -0.1) is 11.3 Å². The number of oxime groups is 1. The van der Waals surface area contributed by atoms with Gasteiger partial charge in [-0.3, -0.25) is 0 Å². The smallest absolute Gasteiger partial charge is 0.124 e. The molecule has 3 nitrogen and oxygen atoms in total. The molecule has 0 saturated heterocycles. The largest absolute Gasteiger partial charge is 0.488 e. The lowest BCUT2D eigenvalue weighted by Crippen LogP contribution is -1.96. The van der Waals surface area contributed by atoms with Crippen molar-refractivity contribution in [1.29, 1.82) is 0 Å². The Labute approximate surface area is 123 Å². The summed E-state index contributed by atoms with van der Waals surface area (Å²) in [7, 11) is 0. The second-order valence-electron chi connectivity index (χ2n) is 4.35. The first-order valence-electron chi connectivity index (χ1n) is 5.97. The minimum absolute atomic E-state index is 0.567. The van der Waals surface area contributed by atoms with Crippen LogP contribution >= 0.6 is 27.3 Å². The molecule has 3 rings (SSSR count). The highest BCUT2D eigenvalue weighted by atomic mass is 79.9. The van der Waals surface area contributed by atoms with Crippen molar-refractivity contribution in [1.82, 2.24) is 0 Å². The molecule has 0 amide bonds. The lowest BCUT2D eigenvalue weighted by molar-refractivity contribution is 0.309. The molecule has 1 N–H and O–H groups in total. The van der Waals surface area contributed by atoms with E-state index in [1.165, 1.54) is 10.4 Å². The molecule has 1 aliphatic rings. The van der Waals surface area contributed by atoms with Crippen LogP contribution in [0.3, 0.4) is 0 Å². The molecule has 0 bridgehead atoms. The molecule has 19 heavy (non-hydrogen) atoms. The van der Waals surface area contributed by atoms with Gasteiger partial charge in [0.2, 0.25) is 0 Å². The molecule has 98 valence electrons. The highest BCUT2D eigenvalue weighted by Gasteiger charge is 2.18. The van der Waals surface area contributed by atoms with E-state index in [0.717, 1.165) is 34.3 Å². The molecule has 1 heterocycles. The van der Waals surface area contributed by atoms with Crippen LogP contribution in [0.25, 0.3) is 0 Å². The van der Waals surface area contributed by atoms with Crippen molar-refractivity contribution in [3.8, 4) is 5.75 Å². The van der Waals surface area contributed by atoms with E-state index >= 15 is 0 Å². The molecule has 2 aromatic rings. The summed E-state index contributed by atoms with van der Waals surface area (Å²) < 4.78 is 6.89. The van der Waals surface area contributed by atoms with Gasteiger partial charge in [-0.2, -0.15) is 0 Å². The standard InChI is InChI=1S/C14H12BrNO2S/c15-12-5-6-19-14(12)8-18-10-2-3-11-9(7-10)1-4-13(11)16-17/h2-3,5-7,17H,1,4,8H2/b16-13-. The number of hydrogen-bond donors (Lipinski definition) is 1. The van der Waals surface area contributed by atoms with Crippen LogP contribution in [-0.4, -0.2) is 10.9 Å². The van der Waals surface area contributed by atoms with Gasteiger partial charge < -0.3 is 9.94 Å². The molecule has 0 atom stereocenters. The van der Waals surface area contributed by atoms with Gasteiger partial charge in [0.05, 0.1) is 10.6 Å². The Bertz CT molecular complexity index is 636. The fraction of sp³-hybridized carbons (Fsp3) is 0.214. The molecule has 1 aliphatic carbocycles. The lowest BCUT2D eigenvalue weighted by Gasteiger charge is -2.07. The second-order valence-corrected chi connectivity index (χ2v) is 6.20. The summed E-state index contributed by atoms with van der Waals surface area (Å²) in [5.41, 5.74) is 2.99. The Morgan fingerprint density at radius 2 is 2.21 bits per heavy atom. The van der Waals surface area contributed by atoms with Crippen LogP contribution in [0.15, 0.2) is 39.3 Å². The van der Waals surface area contributed by atoms with Crippen LogP contribution < -0.4 is 4.74 Å². The summed E-state index contributed by atoms with van der Waals surface area (Å²) in [5, 5.41) is 14.3. The predicted molar refractivity (Wildman–Crippen MR) is 79.4 cm³/mol. The average molecular weight is 338 g/mol. The van der Waals surface area contributed by atoms with Crippen LogP contribution in [0.5, 0.6) is 5.75 Å². The van der Waals surface area contributed by atoms with Gasteiger partial charge in [0.1, 0.15) is 12.4 Å². The van der Waals surface area contributed by atoms with Gasteiger partial charge in [0.25, 0.3) is 0 Å². The highest BCUT2D eigenvalue weighted by Crippen LogP contribution is 2.28. The van der Waals surface area contributed by atoms with E-state index in [2.05, 4.69) is 21.1 Å². The molecule has 1 aromatic heterocycles. The minimum atomic E-state index is 0.567. The Morgan fingerprint density at radius 1 is 1.32 bits per heavy atom. The molecule has 0 fully saturated rings. The quantitative estimate of drug-likeness (QED) is 0.673. The fourth-order valence-electron chi connectivity index (χ4n) is 2.22. The molecule has 0 aliphatic heterocycles. The first-order chi connectivity index (χ1) is 9.28. The maximum Gasteiger partial charge on any atom is 0.124 e. The van der Waals surface area contributed by atoms with Crippen molar-refractivity contribution in [3.63, 3.8) is 0 Å². The van der Waals surface area contributed by atoms with Crippen molar-refractivity contribution in [2.24, 2.45) is 5.16 Å². The van der Waals surface area contributed by atoms with Crippen molar-refractivity contribution >= 4 is 33.0 Å². The van der Waals surface area contributed by atoms with Crippen molar-refractivity contribution in [2.75, 3.05) is 0 Å². The van der Waals surface area contributed by atoms with E-state index in [9.17, 15) is 0 Å². The zero-order chi connectivity index (χ0) is 13.2. The summed E-state index contributed by atoms with van der Waals surface area (Å²) in [6, 6.07) is 7.96. The van der Waals surface area contributed by atoms with E-state index in [0.29, 0.717) is 6.61 Å². The topological polar surface area (TPSA) is 41.8 Å². The molecule has 0 radical (unpaired) electrons. The van der Waals surface area contributed by atoms with E-state index < -0.39 is 0 Å². The first-order valence-corrected chi connectivity index (χ1v) is 7.64. The van der Waals surface area contributed by atoms with Gasteiger partial charge in [0.15, 0.2) is 0 Å². The SMILES string of the molecule is O/N=C1/CCc2cc(OCc3sccc3Br)ccc21. The fourth-order valence-corrected chi connectivity index (χ4v) is 3.59. The normalized spacial score (nSPS) is 15.7. The van der Waals surface area contributed by atoms with Crippen LogP contribution in [0, 0.1) is 0 Å². The zero-order valence-electron chi connectivity index (χ0n) is 10.1. The Hall–Kier alpha value is -1.33. The highest BCUT2D eigenvalue weighted by molar-refractivity contribution is 9.10. The summed E-state index contributed by atoms with van der Waals surface area (Å²) in [5.74, 6) is 0.859. The number of benzene rings is 1. The summed E-state index contributed by atoms with van der Waals surface area (Å²) >= 11 is 5.17. The number of ether oxygens (including phenoxy) is 1. The average Bonchev–Trinajstić information content (AvgIpc) is 3.01. The van der Waals surface area contributed by atoms with Crippen LogP contribution in [0.4, 0.5) is 0 Å². The zero-order valence-corrected chi connectivity index (χ0v) is 12.5. The summed E-state index contributed by atoms with van der Waals surface area (Å²) in [6.45, 7) is 0.567. The van der Waals surface area contributed by atoms with E-state index in [4.69, 9.17) is 9.94 Å². The summed E-state index contributed by atoms with van der Waals surface area (Å²) in [6.07, 6.45) is 1.71. The van der Waals surface area contributed by atoms with Crippen molar-refractivity contribution < 1.29 is 9.94 Å². The number of halogens is 1. The van der Waals surface area contributed by atoms with Gasteiger partial charge >= 0.3 is 0 Å². The van der Waals surface area contributed by atoms with Gasteiger partial charge in [-0.05, 0) is 64.0 Å². The number of rotatable bonds is 3. The van der Waals surface area contributed by atoms with Crippen LogP contribution in [-0.2, 0) is 13.0 Å². The number of nitrogens with zero attached hydrogens (tertiary/aromatic N) is 1. The third kappa shape index (κ3) is 2.53. The minimum Gasteiger partial charge on any atom is -0.488 e. The molecule has 1 aromatic carbocycles. The lowest BCUT2D eigenvalue weighted by atomic mass is 10.1. The maximum absolute atomic E-state index is 8.89. The van der Waals surface area contributed by atoms with Crippen molar-refractivity contribution in [2.45, 2.75) is 19.4 Å². The molecule has 5 heteroatoms. The Morgan fingerprint density at radius 3 is 2.95 bits per heavy atom. The Kier molecular flexibility index (Phi) is 3.57. The number of hydrogen-bond acceptors (Lipinski definition) is 4. The number of aryl methyl sites for hydroxylation is 1. The maximum atomic E-state index is 8.89. The Balaban J connectivity index is 1.75. The third-order valence-corrected chi connectivity index (χ3v) is 5.10. The number of fused-ring (bicyclic) bond motifs is 1. The van der Waals surface area contributed by atoms with Crippen molar-refractivity contribution in [3.05, 3.63) is 50.1 Å². The van der Waals surface area contributed by atoms with Gasteiger partial charge in [-0.25, -0.2) is 0 Å². The van der Waals surface area contributed by atoms with E-state index in [1.54, 1.807) is 11.3 Å². The molecule has 0 spiro atoms. The van der Waals surface area contributed by atoms with Crippen LogP contribution in [0.1, 0.15) is 22.4 Å². The number of thiophene rings is 1. The van der Waals surface area contributed by atoms with Gasteiger partial charge in [0, 0.05) is 10.0 Å². The molecular formula is C14H12BrNO2S. The third-order valence-electron chi connectivity index (χ3n) is 3.20. The molecular weight excluding hydrogens is 326 g/mol. The van der Waals surface area contributed by atoms with E-state index in [1.807, 2.05) is 29.6 Å². The monoisotopic (exact) mass is 337 g/mol. The molecule has 0 saturated carbocycles. The molecule has 0 unspecified atom stereocenters. The summed E-state index contributed by atoms with van der Waals surface area (Å²) in [4.78, 5) is 1.18. The van der Waals surface area contributed by atoms with E-state index in [-0.39, 0.29) is 0 Å². The van der Waals surface area contributed by atoms with Crippen LogP contribution in [0.2, 0.25) is 0 Å². The van der Waals surface area contributed by atoms with Gasteiger partial charge in [-0.1, -0.05) is 5.16 Å². The predicted octanol–water partition coefficient (Wildman–Crippen LogP) is 4.21. The second kappa shape index (κ2) is 5.35. The first kappa shape index (κ1) is 12.7.